The van der Waals surface area contributed by atoms with Crippen molar-refractivity contribution in [1.82, 2.24) is 9.97 Å². The Hall–Kier alpha value is -1.44. The number of rotatable bonds is 0. The predicted molar refractivity (Wildman–Crippen MR) is 52.6 cm³/mol. The molecule has 0 aliphatic carbocycles. The van der Waals surface area contributed by atoms with E-state index in [2.05, 4.69) is 36.1 Å². The molecule has 0 saturated heterocycles. The third-order valence-electron chi connectivity index (χ3n) is 2.30. The Morgan fingerprint density at radius 2 is 1.92 bits per heavy atom. The van der Waals surface area contributed by atoms with Crippen LogP contribution in [0.4, 0.5) is 0 Å². The van der Waals surface area contributed by atoms with Crippen LogP contribution < -0.4 is 0 Å². The molecule has 2 heteroatoms. The van der Waals surface area contributed by atoms with Gasteiger partial charge in [-0.1, -0.05) is 6.07 Å². The first-order valence-electron chi connectivity index (χ1n) is 4.31. The first-order chi connectivity index (χ1) is 6.18. The average Bonchev–Trinajstić information content (AvgIpc) is 2.12. The monoisotopic (exact) mass is 171 g/mol. The molecule has 0 aliphatic heterocycles. The molecule has 0 spiro atoms. The van der Waals surface area contributed by atoms with Gasteiger partial charge in [0.25, 0.3) is 0 Å². The van der Waals surface area contributed by atoms with Gasteiger partial charge in [0.15, 0.2) is 0 Å². The van der Waals surface area contributed by atoms with E-state index in [0.717, 1.165) is 16.7 Å². The van der Waals surface area contributed by atoms with Gasteiger partial charge in [0.05, 0.1) is 16.7 Å². The van der Waals surface area contributed by atoms with Crippen LogP contribution in [0.1, 0.15) is 16.8 Å². The van der Waals surface area contributed by atoms with E-state index >= 15 is 0 Å². The van der Waals surface area contributed by atoms with E-state index in [-0.39, 0.29) is 0 Å². The van der Waals surface area contributed by atoms with Crippen molar-refractivity contribution >= 4 is 11.0 Å². The van der Waals surface area contributed by atoms with Gasteiger partial charge in [-0.05, 0) is 38.0 Å². The number of aryl methyl sites for hydroxylation is 3. The van der Waals surface area contributed by atoms with E-state index < -0.39 is 0 Å². The normalized spacial score (nSPS) is 10.7. The number of hydrogen-bond donors (Lipinski definition) is 0. The fraction of sp³-hybridized carbons (Fsp3) is 0.273. The highest BCUT2D eigenvalue weighted by Crippen LogP contribution is 2.17. The molecule has 0 N–H and O–H groups in total. The Balaban J connectivity index is 2.89. The topological polar surface area (TPSA) is 25.8 Å². The van der Waals surface area contributed by atoms with Crippen LogP contribution >= 0.6 is 0 Å². The number of fused-ring (bicyclic) bond motifs is 1. The van der Waals surface area contributed by atoms with Gasteiger partial charge in [-0.3, -0.25) is 0 Å². The van der Waals surface area contributed by atoms with Crippen molar-refractivity contribution in [2.45, 2.75) is 20.8 Å². The highest BCUT2D eigenvalue weighted by Gasteiger charge is 2.02. The molecule has 0 fully saturated rings. The van der Waals surface area contributed by atoms with Gasteiger partial charge < -0.3 is 0 Å². The van der Waals surface area contributed by atoms with Crippen LogP contribution in [0.2, 0.25) is 0 Å². The van der Waals surface area contributed by atoms with Crippen molar-refractivity contribution < 1.29 is 0 Å². The number of hydrogen-bond acceptors (Lipinski definition) is 2. The van der Waals surface area contributed by atoms with E-state index in [1.807, 2.05) is 13.0 Å². The van der Waals surface area contributed by atoms with Gasteiger partial charge in [0, 0.05) is 0 Å². The lowest BCUT2D eigenvalue weighted by molar-refractivity contribution is 1.16. The molecule has 0 unspecified atom stereocenters. The second-order valence-corrected chi connectivity index (χ2v) is 3.30. The molecule has 2 aromatic rings. The fourth-order valence-corrected chi connectivity index (χ4v) is 1.35. The Kier molecular flexibility index (Phi) is 1.76. The van der Waals surface area contributed by atoms with Crippen LogP contribution in [0.3, 0.4) is 0 Å². The van der Waals surface area contributed by atoms with E-state index in [1.54, 1.807) is 0 Å². The van der Waals surface area contributed by atoms with Crippen LogP contribution in [0.25, 0.3) is 11.0 Å². The Labute approximate surface area is 77.6 Å². The maximum absolute atomic E-state index is 4.42. The lowest BCUT2D eigenvalue weighted by Gasteiger charge is -2.03. The maximum atomic E-state index is 4.42. The van der Waals surface area contributed by atoms with E-state index in [4.69, 9.17) is 0 Å². The standard InChI is InChI=1S/C11H11N2/c1-7-4-5-10-11(9(7)3)13-8(2)6-12-10/h4-5H,1-3H3. The summed E-state index contributed by atoms with van der Waals surface area (Å²) in [4.78, 5) is 8.61. The number of nitrogens with zero attached hydrogens (tertiary/aromatic N) is 2. The van der Waals surface area contributed by atoms with Crippen molar-refractivity contribution in [3.05, 3.63) is 35.2 Å². The third-order valence-corrected chi connectivity index (χ3v) is 2.30. The molecule has 0 saturated carbocycles. The molecule has 0 amide bonds. The Morgan fingerprint density at radius 3 is 2.69 bits per heavy atom. The van der Waals surface area contributed by atoms with Gasteiger partial charge >= 0.3 is 0 Å². The number of aromatic nitrogens is 2. The highest BCUT2D eigenvalue weighted by atomic mass is 14.8. The van der Waals surface area contributed by atoms with Crippen LogP contribution in [-0.2, 0) is 0 Å². The van der Waals surface area contributed by atoms with Crippen LogP contribution in [0.15, 0.2) is 12.1 Å². The SMILES string of the molecule is Cc1[c]nc2ccc(C)c(C)c2n1. The molecule has 1 aromatic heterocycles. The smallest absolute Gasteiger partial charge is 0.112 e. The molecule has 1 radical (unpaired) electrons. The summed E-state index contributed by atoms with van der Waals surface area (Å²) in [7, 11) is 0. The molecule has 65 valence electrons. The summed E-state index contributed by atoms with van der Waals surface area (Å²) >= 11 is 0. The largest absolute Gasteiger partial charge is 0.249 e. The van der Waals surface area contributed by atoms with Gasteiger partial charge in [0.2, 0.25) is 0 Å². The zero-order valence-electron chi connectivity index (χ0n) is 8.05. The summed E-state index contributed by atoms with van der Waals surface area (Å²) in [5, 5.41) is 0. The highest BCUT2D eigenvalue weighted by molar-refractivity contribution is 5.78. The molecular formula is C11H11N2. The average molecular weight is 171 g/mol. The Bertz CT molecular complexity index is 456. The van der Waals surface area contributed by atoms with E-state index in [0.29, 0.717) is 0 Å². The van der Waals surface area contributed by atoms with Crippen molar-refractivity contribution in [1.29, 1.82) is 0 Å². The molecule has 1 heterocycles. The Morgan fingerprint density at radius 1 is 1.15 bits per heavy atom. The minimum atomic E-state index is 0.848. The van der Waals surface area contributed by atoms with Crippen molar-refractivity contribution in [3.8, 4) is 0 Å². The molecule has 13 heavy (non-hydrogen) atoms. The summed E-state index contributed by atoms with van der Waals surface area (Å²) in [6.07, 6.45) is 2.86. The third kappa shape index (κ3) is 1.28. The fourth-order valence-electron chi connectivity index (χ4n) is 1.35. The van der Waals surface area contributed by atoms with Gasteiger partial charge in [-0.25, -0.2) is 9.97 Å². The van der Waals surface area contributed by atoms with Crippen molar-refractivity contribution in [3.63, 3.8) is 0 Å². The van der Waals surface area contributed by atoms with Crippen LogP contribution in [0, 0.1) is 27.0 Å². The van der Waals surface area contributed by atoms with Gasteiger partial charge in [0.1, 0.15) is 6.20 Å². The molecule has 0 aliphatic rings. The van der Waals surface area contributed by atoms with Crippen molar-refractivity contribution in [2.24, 2.45) is 0 Å². The molecule has 2 nitrogen and oxygen atoms in total. The lowest BCUT2D eigenvalue weighted by atomic mass is 10.1. The second kappa shape index (κ2) is 2.80. The molecule has 2 rings (SSSR count). The summed E-state index contributed by atoms with van der Waals surface area (Å²) in [6.45, 7) is 6.07. The quantitative estimate of drug-likeness (QED) is 0.608. The van der Waals surface area contributed by atoms with Crippen LogP contribution in [0.5, 0.6) is 0 Å². The predicted octanol–water partition coefficient (Wildman–Crippen LogP) is 2.36. The zero-order valence-corrected chi connectivity index (χ0v) is 8.05. The summed E-state index contributed by atoms with van der Waals surface area (Å²) in [5.74, 6) is 0. The minimum absolute atomic E-state index is 0.848. The van der Waals surface area contributed by atoms with Gasteiger partial charge in [-0.2, -0.15) is 0 Å². The molecule has 0 atom stereocenters. The van der Waals surface area contributed by atoms with E-state index in [1.165, 1.54) is 11.1 Å². The van der Waals surface area contributed by atoms with Crippen molar-refractivity contribution in [2.75, 3.05) is 0 Å². The maximum Gasteiger partial charge on any atom is 0.112 e. The summed E-state index contributed by atoms with van der Waals surface area (Å²) < 4.78 is 0. The van der Waals surface area contributed by atoms with E-state index in [9.17, 15) is 0 Å². The molecule has 1 aromatic carbocycles. The van der Waals surface area contributed by atoms with Gasteiger partial charge in [-0.15, -0.1) is 0 Å². The number of benzene rings is 1. The summed E-state index contributed by atoms with van der Waals surface area (Å²) in [5.41, 5.74) is 5.24. The first-order valence-corrected chi connectivity index (χ1v) is 4.31. The summed E-state index contributed by atoms with van der Waals surface area (Å²) in [6, 6.07) is 4.05. The zero-order chi connectivity index (χ0) is 9.42. The molecular weight excluding hydrogens is 160 g/mol. The first kappa shape index (κ1) is 8.17. The minimum Gasteiger partial charge on any atom is -0.249 e. The van der Waals surface area contributed by atoms with Crippen LogP contribution in [-0.4, -0.2) is 9.97 Å². The lowest BCUT2D eigenvalue weighted by Crippen LogP contribution is -1.92. The second-order valence-electron chi connectivity index (χ2n) is 3.30. The molecule has 0 bridgehead atoms.